The normalized spacial score (nSPS) is 11.9. The molecule has 6 aromatic rings. The summed E-state index contributed by atoms with van der Waals surface area (Å²) in [6.07, 6.45) is 29.5. The molecule has 0 aliphatic rings. The molecule has 0 bridgehead atoms. The van der Waals surface area contributed by atoms with Crippen molar-refractivity contribution in [2.24, 2.45) is 29.6 Å². The van der Waals surface area contributed by atoms with E-state index in [1.165, 1.54) is 22.1 Å². The van der Waals surface area contributed by atoms with Crippen molar-refractivity contribution in [2.75, 3.05) is 0 Å². The summed E-state index contributed by atoms with van der Waals surface area (Å²) in [6.45, 7) is 23.9. The van der Waals surface area contributed by atoms with Crippen molar-refractivity contribution in [3.8, 4) is 0 Å². The summed E-state index contributed by atoms with van der Waals surface area (Å²) >= 11 is 0. The maximum absolute atomic E-state index is 4.29. The van der Waals surface area contributed by atoms with E-state index in [4.69, 9.17) is 0 Å². The van der Waals surface area contributed by atoms with Crippen LogP contribution in [0.3, 0.4) is 0 Å². The highest BCUT2D eigenvalue weighted by Gasteiger charge is 1.99. The van der Waals surface area contributed by atoms with Crippen LogP contribution in [0.15, 0.2) is 177 Å². The fourth-order valence-electron chi connectivity index (χ4n) is 5.22. The van der Waals surface area contributed by atoms with Crippen LogP contribution in [0.4, 0.5) is 0 Å². The van der Waals surface area contributed by atoms with Crippen molar-refractivity contribution in [1.29, 1.82) is 0 Å². The number of rotatable bonds is 12. The Bertz CT molecular complexity index is 2100. The average molecular weight is 828 g/mol. The fourth-order valence-corrected chi connectivity index (χ4v) is 5.22. The molecular weight excluding hydrogens is 755 g/mol. The lowest BCUT2D eigenvalue weighted by Gasteiger charge is -2.06. The molecule has 3 aromatic heterocycles. The first-order chi connectivity index (χ1) is 29.8. The Morgan fingerprint density at radius 1 is 0.452 bits per heavy atom. The van der Waals surface area contributed by atoms with E-state index in [0.717, 1.165) is 23.5 Å². The van der Waals surface area contributed by atoms with Gasteiger partial charge in [-0.3, -0.25) is 4.98 Å². The van der Waals surface area contributed by atoms with Crippen molar-refractivity contribution in [2.45, 2.75) is 88.5 Å². The van der Waals surface area contributed by atoms with Crippen molar-refractivity contribution >= 4 is 29.1 Å². The van der Waals surface area contributed by atoms with Crippen LogP contribution in [0.2, 0.25) is 0 Å². The SMILES string of the molecule is CC(C)/C=C/C(C)c1ccccc1.CC(C)/C=C/Cc1ccccc1.CC(C)/C=C/c1ccc2ncccc2c1.CC(C)/C=C/c1cccnn1.CC(C)/C=C/c1ncccn1. The molecule has 0 saturated heterocycles. The number of aromatic nitrogens is 5. The van der Waals surface area contributed by atoms with Gasteiger partial charge in [0.05, 0.1) is 11.2 Å². The van der Waals surface area contributed by atoms with E-state index < -0.39 is 0 Å². The van der Waals surface area contributed by atoms with Gasteiger partial charge in [-0.15, -0.1) is 0 Å². The molecule has 5 heteroatoms. The number of allylic oxidation sites excluding steroid dienone is 7. The van der Waals surface area contributed by atoms with Crippen molar-refractivity contribution in [1.82, 2.24) is 25.1 Å². The second-order valence-corrected chi connectivity index (χ2v) is 16.7. The maximum atomic E-state index is 4.29. The van der Waals surface area contributed by atoms with Gasteiger partial charge in [0, 0.05) is 30.2 Å². The predicted molar refractivity (Wildman–Crippen MR) is 270 cm³/mol. The molecule has 1 unspecified atom stereocenters. The van der Waals surface area contributed by atoms with Gasteiger partial charge in [-0.05, 0) is 107 Å². The van der Waals surface area contributed by atoms with Crippen LogP contribution in [0.25, 0.3) is 29.1 Å². The molecule has 0 amide bonds. The Hall–Kier alpha value is -6.07. The monoisotopic (exact) mass is 828 g/mol. The molecule has 0 fully saturated rings. The standard InChI is InChI=1S/C14H15N.C13H18.C12H16.2C9H12N2/c1-11(2)5-6-12-7-8-14-13(10-12)4-3-9-15-14;1-11(2)9-10-12(3)13-7-5-4-6-8-13;1-11(2)7-6-10-12-8-4-3-5-9-12;1-8(2)4-5-9-10-6-3-7-11-9;1-8(2)5-6-9-4-3-7-10-11-9/h3-11H,1-2H3;4-12H,1-3H3;3-9,11H,10H2,1-2H3;2*3-8H,1-2H3/b6-5+;10-9+;7-6+;5-4+;6-5+. The van der Waals surface area contributed by atoms with Gasteiger partial charge in [0.2, 0.25) is 0 Å². The zero-order valence-corrected chi connectivity index (χ0v) is 39.4. The molecule has 3 heterocycles. The molecule has 0 radical (unpaired) electrons. The quantitative estimate of drug-likeness (QED) is 0.115. The van der Waals surface area contributed by atoms with Gasteiger partial charge in [0.25, 0.3) is 0 Å². The number of benzene rings is 3. The van der Waals surface area contributed by atoms with Crippen molar-refractivity contribution < 1.29 is 0 Å². The van der Waals surface area contributed by atoms with Gasteiger partial charge in [0.1, 0.15) is 0 Å². The summed E-state index contributed by atoms with van der Waals surface area (Å²) < 4.78 is 0. The number of hydrogen-bond donors (Lipinski definition) is 0. The van der Waals surface area contributed by atoms with Crippen LogP contribution in [-0.2, 0) is 6.42 Å². The summed E-state index contributed by atoms with van der Waals surface area (Å²) in [5.74, 6) is 4.33. The Morgan fingerprint density at radius 3 is 1.61 bits per heavy atom. The molecule has 5 nitrogen and oxygen atoms in total. The van der Waals surface area contributed by atoms with E-state index in [1.807, 2.05) is 42.6 Å². The van der Waals surface area contributed by atoms with Gasteiger partial charge >= 0.3 is 0 Å². The number of hydrogen-bond acceptors (Lipinski definition) is 5. The van der Waals surface area contributed by atoms with E-state index in [-0.39, 0.29) is 0 Å². The highest BCUT2D eigenvalue weighted by atomic mass is 15.1. The van der Waals surface area contributed by atoms with Gasteiger partial charge in [-0.25, -0.2) is 9.97 Å². The van der Waals surface area contributed by atoms with E-state index in [2.05, 4.69) is 235 Å². The first-order valence-corrected chi connectivity index (χ1v) is 22.2. The minimum absolute atomic E-state index is 0.531. The third-order valence-corrected chi connectivity index (χ3v) is 8.59. The number of fused-ring (bicyclic) bond motifs is 1. The average Bonchev–Trinajstić information content (AvgIpc) is 3.28. The lowest BCUT2D eigenvalue weighted by Crippen LogP contribution is -1.89. The highest BCUT2D eigenvalue weighted by Crippen LogP contribution is 2.17. The van der Waals surface area contributed by atoms with Gasteiger partial charge in [-0.2, -0.15) is 10.2 Å². The first kappa shape index (κ1) is 52.1. The van der Waals surface area contributed by atoms with Crippen LogP contribution in [-0.4, -0.2) is 25.1 Å². The summed E-state index contributed by atoms with van der Waals surface area (Å²) in [7, 11) is 0. The minimum Gasteiger partial charge on any atom is -0.256 e. The summed E-state index contributed by atoms with van der Waals surface area (Å²) in [5.41, 5.74) is 5.98. The fraction of sp³-hybridized carbons (Fsp3) is 0.316. The largest absolute Gasteiger partial charge is 0.256 e. The zero-order chi connectivity index (χ0) is 45.4. The summed E-state index contributed by atoms with van der Waals surface area (Å²) in [5, 5.41) is 8.87. The molecule has 3 aromatic carbocycles. The Kier molecular flexibility index (Phi) is 26.7. The third-order valence-electron chi connectivity index (χ3n) is 8.59. The topological polar surface area (TPSA) is 64.5 Å². The van der Waals surface area contributed by atoms with Crippen molar-refractivity contribution in [3.05, 3.63) is 205 Å². The van der Waals surface area contributed by atoms with E-state index in [1.54, 1.807) is 18.6 Å². The lowest BCUT2D eigenvalue weighted by atomic mass is 9.99. The molecule has 6 rings (SSSR count). The van der Waals surface area contributed by atoms with Crippen LogP contribution in [0.5, 0.6) is 0 Å². The first-order valence-electron chi connectivity index (χ1n) is 22.2. The predicted octanol–water partition coefficient (Wildman–Crippen LogP) is 15.6. The van der Waals surface area contributed by atoms with Crippen LogP contribution in [0.1, 0.15) is 110 Å². The second-order valence-electron chi connectivity index (χ2n) is 16.7. The molecule has 0 aliphatic carbocycles. The maximum Gasteiger partial charge on any atom is 0.151 e. The smallest absolute Gasteiger partial charge is 0.151 e. The van der Waals surface area contributed by atoms with Crippen LogP contribution in [0, 0.1) is 29.6 Å². The Morgan fingerprint density at radius 2 is 1.02 bits per heavy atom. The Labute approximate surface area is 375 Å². The van der Waals surface area contributed by atoms with Gasteiger partial charge < -0.3 is 0 Å². The molecule has 0 aliphatic heterocycles. The third kappa shape index (κ3) is 26.2. The molecule has 0 spiro atoms. The van der Waals surface area contributed by atoms with Gasteiger partial charge in [0.15, 0.2) is 5.82 Å². The summed E-state index contributed by atoms with van der Waals surface area (Å²) in [4.78, 5) is 12.4. The lowest BCUT2D eigenvalue weighted by molar-refractivity contribution is 0.815. The molecule has 0 saturated carbocycles. The van der Waals surface area contributed by atoms with Crippen LogP contribution >= 0.6 is 0 Å². The summed E-state index contributed by atoms with van der Waals surface area (Å²) in [6, 6.07) is 37.2. The van der Waals surface area contributed by atoms with E-state index in [9.17, 15) is 0 Å². The minimum atomic E-state index is 0.531. The molecule has 1 atom stereocenters. The highest BCUT2D eigenvalue weighted by molar-refractivity contribution is 5.81. The van der Waals surface area contributed by atoms with Gasteiger partial charge in [-0.1, -0.05) is 198 Å². The molecule has 326 valence electrons. The molecule has 62 heavy (non-hydrogen) atoms. The van der Waals surface area contributed by atoms with E-state index in [0.29, 0.717) is 35.5 Å². The number of pyridine rings is 1. The van der Waals surface area contributed by atoms with E-state index >= 15 is 0 Å². The zero-order valence-electron chi connectivity index (χ0n) is 39.4. The Balaban J connectivity index is 0.000000268. The molecular formula is C57H73N5. The van der Waals surface area contributed by atoms with Crippen molar-refractivity contribution in [3.63, 3.8) is 0 Å². The number of nitrogens with zero attached hydrogens (tertiary/aromatic N) is 5. The second kappa shape index (κ2) is 31.8. The van der Waals surface area contributed by atoms with Crippen LogP contribution < -0.4 is 0 Å². The molecule has 0 N–H and O–H groups in total.